The second kappa shape index (κ2) is 5.28. The van der Waals surface area contributed by atoms with Crippen LogP contribution >= 0.6 is 0 Å². The van der Waals surface area contributed by atoms with Gasteiger partial charge in [0, 0.05) is 11.8 Å². The quantitative estimate of drug-likeness (QED) is 0.779. The van der Waals surface area contributed by atoms with Crippen LogP contribution in [0.3, 0.4) is 0 Å². The third kappa shape index (κ3) is 2.02. The molecule has 7 atom stereocenters. The first kappa shape index (κ1) is 17.5. The molecule has 4 rings (SSSR count). The van der Waals surface area contributed by atoms with Crippen molar-refractivity contribution in [2.45, 2.75) is 78.2 Å². The van der Waals surface area contributed by atoms with E-state index in [2.05, 4.69) is 20.8 Å². The van der Waals surface area contributed by atoms with Gasteiger partial charge in [0.1, 0.15) is 5.60 Å². The van der Waals surface area contributed by atoms with Crippen molar-refractivity contribution in [1.29, 1.82) is 0 Å². The zero-order valence-corrected chi connectivity index (χ0v) is 16.1. The van der Waals surface area contributed by atoms with Crippen LogP contribution in [0.4, 0.5) is 0 Å². The van der Waals surface area contributed by atoms with E-state index in [1.807, 2.05) is 6.08 Å². The summed E-state index contributed by atoms with van der Waals surface area (Å²) in [5.74, 6) is 2.24. The Labute approximate surface area is 151 Å². The van der Waals surface area contributed by atoms with E-state index in [0.29, 0.717) is 42.3 Å². The zero-order chi connectivity index (χ0) is 18.2. The summed E-state index contributed by atoms with van der Waals surface area (Å²) in [5.41, 5.74) is 0.0923. The van der Waals surface area contributed by atoms with Gasteiger partial charge in [0.15, 0.2) is 11.6 Å². The summed E-state index contributed by atoms with van der Waals surface area (Å²) in [6.07, 6.45) is 8.33. The maximum atomic E-state index is 12.3. The molecule has 0 aliphatic heterocycles. The number of aliphatic hydroxyl groups is 1. The van der Waals surface area contributed by atoms with Gasteiger partial charge in [-0.15, -0.1) is 0 Å². The minimum absolute atomic E-state index is 0.0461. The lowest BCUT2D eigenvalue weighted by Gasteiger charge is -2.60. The Kier molecular flexibility index (Phi) is 3.69. The Bertz CT molecular complexity index is 664. The number of carbonyl (C=O) groups excluding carboxylic acids is 2. The highest BCUT2D eigenvalue weighted by Crippen LogP contribution is 2.68. The molecule has 0 bridgehead atoms. The second-order valence-corrected chi connectivity index (χ2v) is 9.85. The van der Waals surface area contributed by atoms with Gasteiger partial charge >= 0.3 is 0 Å². The molecule has 1 N–H and O–H groups in total. The predicted octanol–water partition coefficient (Wildman–Crippen LogP) is 4.08. The van der Waals surface area contributed by atoms with Crippen LogP contribution in [0.1, 0.15) is 72.6 Å². The SMILES string of the molecule is CC(=O)[C@]1(O)CC[C@H]2[C@H]3CCC4=CC(=O)CC(C)[C@]4(C)[C@H]3CC[C@@]21C. The molecule has 0 radical (unpaired) electrons. The maximum absolute atomic E-state index is 12.3. The number of hydrogen-bond donors (Lipinski definition) is 1. The average molecular weight is 344 g/mol. The molecule has 3 fully saturated rings. The summed E-state index contributed by atoms with van der Waals surface area (Å²) >= 11 is 0. The number of Topliss-reactive ketones (excluding diaryl/α,β-unsaturated/α-hetero) is 1. The minimum atomic E-state index is -1.13. The molecule has 4 aliphatic rings. The molecule has 138 valence electrons. The molecule has 3 saturated carbocycles. The molecule has 1 unspecified atom stereocenters. The van der Waals surface area contributed by atoms with Crippen molar-refractivity contribution in [3.63, 3.8) is 0 Å². The molecule has 0 aromatic carbocycles. The van der Waals surface area contributed by atoms with E-state index in [1.165, 1.54) is 5.57 Å². The van der Waals surface area contributed by atoms with Crippen molar-refractivity contribution in [2.75, 3.05) is 0 Å². The van der Waals surface area contributed by atoms with Gasteiger partial charge < -0.3 is 5.11 Å². The third-order valence-corrected chi connectivity index (χ3v) is 9.25. The standard InChI is InChI=1S/C22H32O3/c1-13-11-16(24)12-15-5-6-17-18-8-10-22(25,14(2)23)20(18,3)9-7-19(17)21(13,15)4/h12-13,17-19,25H,5-11H2,1-4H3/t13?,17-,18+,19+,20+,21+,22-/m1/s1. The monoisotopic (exact) mass is 344 g/mol. The summed E-state index contributed by atoms with van der Waals surface area (Å²) in [6.45, 7) is 8.38. The molecule has 4 aliphatic carbocycles. The van der Waals surface area contributed by atoms with E-state index < -0.39 is 5.60 Å². The van der Waals surface area contributed by atoms with Crippen LogP contribution in [0, 0.1) is 34.5 Å². The number of rotatable bonds is 1. The van der Waals surface area contributed by atoms with E-state index in [0.717, 1.165) is 32.1 Å². The second-order valence-electron chi connectivity index (χ2n) is 9.85. The van der Waals surface area contributed by atoms with Gasteiger partial charge in [0.25, 0.3) is 0 Å². The van der Waals surface area contributed by atoms with Crippen molar-refractivity contribution in [3.05, 3.63) is 11.6 Å². The summed E-state index contributed by atoms with van der Waals surface area (Å²) in [6, 6.07) is 0. The first-order valence-corrected chi connectivity index (χ1v) is 10.1. The van der Waals surface area contributed by atoms with Crippen molar-refractivity contribution in [2.24, 2.45) is 34.5 Å². The molecular formula is C22H32O3. The van der Waals surface area contributed by atoms with Gasteiger partial charge in [-0.25, -0.2) is 0 Å². The molecule has 0 spiro atoms. The predicted molar refractivity (Wildman–Crippen MR) is 96.9 cm³/mol. The Balaban J connectivity index is 1.72. The summed E-state index contributed by atoms with van der Waals surface area (Å²) in [7, 11) is 0. The highest BCUT2D eigenvalue weighted by molar-refractivity contribution is 5.92. The molecule has 25 heavy (non-hydrogen) atoms. The fourth-order valence-corrected chi connectivity index (χ4v) is 7.54. The highest BCUT2D eigenvalue weighted by Gasteiger charge is 2.66. The smallest absolute Gasteiger partial charge is 0.161 e. The number of carbonyl (C=O) groups is 2. The van der Waals surface area contributed by atoms with Crippen LogP contribution in [0.2, 0.25) is 0 Å². The Morgan fingerprint density at radius 3 is 2.52 bits per heavy atom. The Morgan fingerprint density at radius 1 is 1.16 bits per heavy atom. The molecule has 0 amide bonds. The van der Waals surface area contributed by atoms with Crippen molar-refractivity contribution >= 4 is 11.6 Å². The lowest BCUT2D eigenvalue weighted by atomic mass is 9.44. The van der Waals surface area contributed by atoms with Gasteiger partial charge in [-0.05, 0) is 80.6 Å². The first-order chi connectivity index (χ1) is 11.6. The molecule has 3 heteroatoms. The molecule has 0 heterocycles. The zero-order valence-electron chi connectivity index (χ0n) is 16.1. The van der Waals surface area contributed by atoms with E-state index >= 15 is 0 Å². The van der Waals surface area contributed by atoms with Crippen LogP contribution in [0.25, 0.3) is 0 Å². The van der Waals surface area contributed by atoms with Crippen LogP contribution in [-0.2, 0) is 9.59 Å². The fourth-order valence-electron chi connectivity index (χ4n) is 7.54. The number of hydrogen-bond acceptors (Lipinski definition) is 3. The van der Waals surface area contributed by atoms with Crippen molar-refractivity contribution in [1.82, 2.24) is 0 Å². The lowest BCUT2D eigenvalue weighted by Crippen LogP contribution is -2.58. The van der Waals surface area contributed by atoms with E-state index in [-0.39, 0.29) is 16.6 Å². The Hall–Kier alpha value is -0.960. The molecule has 0 aromatic heterocycles. The fraction of sp³-hybridized carbons (Fsp3) is 0.818. The Morgan fingerprint density at radius 2 is 1.84 bits per heavy atom. The van der Waals surface area contributed by atoms with Gasteiger partial charge in [-0.3, -0.25) is 9.59 Å². The van der Waals surface area contributed by atoms with Gasteiger partial charge in [0.2, 0.25) is 0 Å². The van der Waals surface area contributed by atoms with E-state index in [9.17, 15) is 14.7 Å². The van der Waals surface area contributed by atoms with Crippen molar-refractivity contribution < 1.29 is 14.7 Å². The van der Waals surface area contributed by atoms with E-state index in [4.69, 9.17) is 0 Å². The van der Waals surface area contributed by atoms with Crippen LogP contribution in [0.5, 0.6) is 0 Å². The van der Waals surface area contributed by atoms with Crippen molar-refractivity contribution in [3.8, 4) is 0 Å². The summed E-state index contributed by atoms with van der Waals surface area (Å²) in [5, 5.41) is 11.2. The maximum Gasteiger partial charge on any atom is 0.161 e. The van der Waals surface area contributed by atoms with Gasteiger partial charge in [-0.1, -0.05) is 26.3 Å². The molecule has 0 saturated heterocycles. The normalized spacial score (nSPS) is 52.0. The summed E-state index contributed by atoms with van der Waals surface area (Å²) in [4.78, 5) is 24.3. The average Bonchev–Trinajstić information content (AvgIpc) is 2.82. The lowest BCUT2D eigenvalue weighted by molar-refractivity contribution is -0.161. The molecule has 3 nitrogen and oxygen atoms in total. The van der Waals surface area contributed by atoms with Crippen LogP contribution in [0.15, 0.2) is 11.6 Å². The summed E-state index contributed by atoms with van der Waals surface area (Å²) < 4.78 is 0. The van der Waals surface area contributed by atoms with Crippen LogP contribution in [-0.4, -0.2) is 22.3 Å². The molecular weight excluding hydrogens is 312 g/mol. The topological polar surface area (TPSA) is 54.4 Å². The highest BCUT2D eigenvalue weighted by atomic mass is 16.3. The minimum Gasteiger partial charge on any atom is -0.382 e. The number of fused-ring (bicyclic) bond motifs is 5. The third-order valence-electron chi connectivity index (χ3n) is 9.25. The molecule has 0 aromatic rings. The number of ketones is 2. The largest absolute Gasteiger partial charge is 0.382 e. The van der Waals surface area contributed by atoms with Gasteiger partial charge in [0.05, 0.1) is 0 Å². The first-order valence-electron chi connectivity index (χ1n) is 10.1. The number of allylic oxidation sites excluding steroid dienone is 1. The van der Waals surface area contributed by atoms with E-state index in [1.54, 1.807) is 6.92 Å². The van der Waals surface area contributed by atoms with Crippen LogP contribution < -0.4 is 0 Å². The van der Waals surface area contributed by atoms with Gasteiger partial charge in [-0.2, -0.15) is 0 Å².